The molecule has 0 saturated heterocycles. The first kappa shape index (κ1) is 8.74. The molecule has 70 valence electrons. The van der Waals surface area contributed by atoms with E-state index in [1.54, 1.807) is 0 Å². The Balaban J connectivity index is 2.39. The van der Waals surface area contributed by atoms with E-state index in [9.17, 15) is 4.79 Å². The van der Waals surface area contributed by atoms with Crippen LogP contribution in [0.4, 0.5) is 0 Å². The van der Waals surface area contributed by atoms with E-state index in [1.165, 1.54) is 5.57 Å². The van der Waals surface area contributed by atoms with Crippen LogP contribution in [-0.4, -0.2) is 5.78 Å². The van der Waals surface area contributed by atoms with Crippen molar-refractivity contribution in [3.05, 3.63) is 24.3 Å². The normalized spacial score (nSPS) is 43.2. The highest BCUT2D eigenvalue weighted by atomic mass is 16.1. The number of rotatable bonds is 1. The molecule has 3 rings (SSSR count). The molecule has 3 aliphatic carbocycles. The quantitative estimate of drug-likeness (QED) is 0.561. The number of carbonyl (C=O) groups excluding carboxylic acids is 1. The van der Waals surface area contributed by atoms with Gasteiger partial charge >= 0.3 is 0 Å². The third kappa shape index (κ3) is 1.10. The Bertz CT molecular complexity index is 287. The number of allylic oxidation sites excluding steroid dienone is 3. The first-order valence-electron chi connectivity index (χ1n) is 4.99. The molecule has 0 heterocycles. The van der Waals surface area contributed by atoms with E-state index < -0.39 is 0 Å². The molecule has 0 aromatic carbocycles. The van der Waals surface area contributed by atoms with Crippen LogP contribution in [0, 0.1) is 23.7 Å². The van der Waals surface area contributed by atoms with Gasteiger partial charge in [-0.15, -0.1) is 6.58 Å². The summed E-state index contributed by atoms with van der Waals surface area (Å²) in [5, 5.41) is 0. The Hall–Kier alpha value is -0.850. The van der Waals surface area contributed by atoms with Gasteiger partial charge in [0.25, 0.3) is 0 Å². The van der Waals surface area contributed by atoms with Crippen molar-refractivity contribution >= 4 is 5.78 Å². The lowest BCUT2D eigenvalue weighted by Crippen LogP contribution is -2.42. The van der Waals surface area contributed by atoms with E-state index in [2.05, 4.69) is 26.5 Å². The molecule has 1 nitrogen and oxygen atoms in total. The summed E-state index contributed by atoms with van der Waals surface area (Å²) in [6, 6.07) is 0. The van der Waals surface area contributed by atoms with E-state index in [0.29, 0.717) is 17.6 Å². The molecule has 0 aromatic heterocycles. The molecular formula is C12H16O. The minimum atomic E-state index is 0.137. The maximum absolute atomic E-state index is 11.8. The summed E-state index contributed by atoms with van der Waals surface area (Å²) in [5.41, 5.74) is 1.41. The van der Waals surface area contributed by atoms with E-state index >= 15 is 0 Å². The predicted molar refractivity (Wildman–Crippen MR) is 53.2 cm³/mol. The fraction of sp³-hybridized carbons (Fsp3) is 0.583. The molecule has 1 unspecified atom stereocenters. The second-order valence-corrected chi connectivity index (χ2v) is 4.37. The zero-order valence-electron chi connectivity index (χ0n) is 8.29. The van der Waals surface area contributed by atoms with Crippen LogP contribution in [0.5, 0.6) is 0 Å². The third-order valence-electron chi connectivity index (χ3n) is 3.70. The van der Waals surface area contributed by atoms with Crippen LogP contribution in [-0.2, 0) is 4.79 Å². The number of hydrogen-bond donors (Lipinski definition) is 0. The summed E-state index contributed by atoms with van der Waals surface area (Å²) in [4.78, 5) is 11.8. The summed E-state index contributed by atoms with van der Waals surface area (Å²) in [6.07, 6.45) is 5.23. The summed E-state index contributed by atoms with van der Waals surface area (Å²) >= 11 is 0. The standard InChI is InChI=1S/C12H16O/c1-4-9-6-10-7(2)5-11(9)12(13)8(10)3/h4-5,8-11H,1,6H2,2-3H3/t8?,9-,10+,11-/m0/s1. The Morgan fingerprint density at radius 2 is 2.31 bits per heavy atom. The average Bonchev–Trinajstić information content (AvgIpc) is 2.13. The number of fused-ring (bicyclic) bond motifs is 2. The molecule has 0 aromatic rings. The minimum absolute atomic E-state index is 0.137. The van der Waals surface area contributed by atoms with Gasteiger partial charge in [-0.2, -0.15) is 0 Å². The lowest BCUT2D eigenvalue weighted by atomic mass is 9.61. The third-order valence-corrected chi connectivity index (χ3v) is 3.70. The van der Waals surface area contributed by atoms with E-state index in [1.807, 2.05) is 6.08 Å². The monoisotopic (exact) mass is 176 g/mol. The number of ketones is 1. The summed E-state index contributed by atoms with van der Waals surface area (Å²) in [6.45, 7) is 8.02. The molecule has 1 heteroatoms. The predicted octanol–water partition coefficient (Wildman–Crippen LogP) is 2.59. The first-order chi connectivity index (χ1) is 6.15. The van der Waals surface area contributed by atoms with Crippen LogP contribution < -0.4 is 0 Å². The maximum atomic E-state index is 11.8. The first-order valence-corrected chi connectivity index (χ1v) is 4.99. The largest absolute Gasteiger partial charge is 0.299 e. The molecule has 1 fully saturated rings. The number of carbonyl (C=O) groups is 1. The number of Topliss-reactive ketones (excluding diaryl/α,β-unsaturated/α-hetero) is 1. The molecule has 0 spiro atoms. The van der Waals surface area contributed by atoms with E-state index in [-0.39, 0.29) is 11.8 Å². The van der Waals surface area contributed by atoms with Crippen LogP contribution in [0.25, 0.3) is 0 Å². The fourth-order valence-electron chi connectivity index (χ4n) is 2.79. The maximum Gasteiger partial charge on any atom is 0.143 e. The highest BCUT2D eigenvalue weighted by Gasteiger charge is 2.43. The van der Waals surface area contributed by atoms with E-state index in [4.69, 9.17) is 0 Å². The van der Waals surface area contributed by atoms with Crippen molar-refractivity contribution < 1.29 is 4.79 Å². The molecule has 0 amide bonds. The van der Waals surface area contributed by atoms with Crippen molar-refractivity contribution in [2.45, 2.75) is 20.3 Å². The smallest absolute Gasteiger partial charge is 0.143 e. The average molecular weight is 176 g/mol. The second-order valence-electron chi connectivity index (χ2n) is 4.37. The van der Waals surface area contributed by atoms with E-state index in [0.717, 1.165) is 6.42 Å². The molecule has 4 atom stereocenters. The summed E-state index contributed by atoms with van der Waals surface area (Å²) in [5.74, 6) is 1.69. The molecule has 1 saturated carbocycles. The van der Waals surface area contributed by atoms with Crippen molar-refractivity contribution in [1.29, 1.82) is 0 Å². The fourth-order valence-corrected chi connectivity index (χ4v) is 2.79. The Labute approximate surface area is 79.5 Å². The van der Waals surface area contributed by atoms with Crippen molar-refractivity contribution in [3.8, 4) is 0 Å². The van der Waals surface area contributed by atoms with Gasteiger partial charge < -0.3 is 0 Å². The Morgan fingerprint density at radius 3 is 2.92 bits per heavy atom. The van der Waals surface area contributed by atoms with Crippen LogP contribution in [0.1, 0.15) is 20.3 Å². The van der Waals surface area contributed by atoms with Crippen molar-refractivity contribution in [2.24, 2.45) is 23.7 Å². The number of hydrogen-bond acceptors (Lipinski definition) is 1. The highest BCUT2D eigenvalue weighted by Crippen LogP contribution is 2.45. The molecule has 0 aliphatic heterocycles. The topological polar surface area (TPSA) is 17.1 Å². The molecule has 3 aliphatic rings. The Morgan fingerprint density at radius 1 is 1.62 bits per heavy atom. The molecule has 2 bridgehead atoms. The van der Waals surface area contributed by atoms with Gasteiger partial charge in [0, 0.05) is 11.8 Å². The van der Waals surface area contributed by atoms with Gasteiger partial charge in [-0.05, 0) is 25.2 Å². The van der Waals surface area contributed by atoms with Gasteiger partial charge in [0.1, 0.15) is 5.78 Å². The highest BCUT2D eigenvalue weighted by molar-refractivity contribution is 5.88. The van der Waals surface area contributed by atoms with Crippen LogP contribution in [0.15, 0.2) is 24.3 Å². The Kier molecular flexibility index (Phi) is 1.90. The van der Waals surface area contributed by atoms with Gasteiger partial charge in [0.05, 0.1) is 0 Å². The van der Waals surface area contributed by atoms with Gasteiger partial charge in [-0.1, -0.05) is 24.6 Å². The van der Waals surface area contributed by atoms with Crippen molar-refractivity contribution in [1.82, 2.24) is 0 Å². The zero-order chi connectivity index (χ0) is 9.59. The SMILES string of the molecule is C=C[C@H]1C[C@@H]2C(C)=C[C@@H]1C(=O)C2C. The zero-order valence-corrected chi connectivity index (χ0v) is 8.29. The lowest BCUT2D eigenvalue weighted by molar-refractivity contribution is -0.131. The minimum Gasteiger partial charge on any atom is -0.299 e. The van der Waals surface area contributed by atoms with Crippen molar-refractivity contribution in [3.63, 3.8) is 0 Å². The van der Waals surface area contributed by atoms with Crippen LogP contribution in [0.2, 0.25) is 0 Å². The lowest BCUT2D eigenvalue weighted by Gasteiger charge is -2.42. The molecule has 0 radical (unpaired) electrons. The van der Waals surface area contributed by atoms with Crippen LogP contribution in [0.3, 0.4) is 0 Å². The molecule has 0 N–H and O–H groups in total. The summed E-state index contributed by atoms with van der Waals surface area (Å²) < 4.78 is 0. The second kappa shape index (κ2) is 2.83. The summed E-state index contributed by atoms with van der Waals surface area (Å²) in [7, 11) is 0. The van der Waals surface area contributed by atoms with Gasteiger partial charge in [-0.25, -0.2) is 0 Å². The van der Waals surface area contributed by atoms with Crippen LogP contribution >= 0.6 is 0 Å². The van der Waals surface area contributed by atoms with Crippen molar-refractivity contribution in [2.75, 3.05) is 0 Å². The van der Waals surface area contributed by atoms with Gasteiger partial charge in [0.15, 0.2) is 0 Å². The van der Waals surface area contributed by atoms with Gasteiger partial charge in [-0.3, -0.25) is 4.79 Å². The molecular weight excluding hydrogens is 160 g/mol. The molecule has 13 heavy (non-hydrogen) atoms. The van der Waals surface area contributed by atoms with Gasteiger partial charge in [0.2, 0.25) is 0 Å².